The molecule has 0 aliphatic carbocycles. The number of carbonyl (C=O) groups is 2. The number of aryl methyl sites for hydroxylation is 1. The van der Waals surface area contributed by atoms with Crippen LogP contribution < -0.4 is 15.4 Å². The van der Waals surface area contributed by atoms with Gasteiger partial charge in [-0.2, -0.15) is 0 Å². The third-order valence-corrected chi connectivity index (χ3v) is 2.81. The molecule has 1 aromatic rings. The predicted octanol–water partition coefficient (Wildman–Crippen LogP) is 1.93. The minimum Gasteiger partial charge on any atom is -0.493 e. The fourth-order valence-electron chi connectivity index (χ4n) is 1.68. The number of para-hydroxylation sites is 1. The van der Waals surface area contributed by atoms with Gasteiger partial charge in [0.05, 0.1) is 6.61 Å². The number of carboxylic acids is 1. The third kappa shape index (κ3) is 7.81. The minimum atomic E-state index is -0.856. The topological polar surface area (TPSA) is 87.7 Å². The second-order valence-electron chi connectivity index (χ2n) is 4.65. The summed E-state index contributed by atoms with van der Waals surface area (Å²) in [5.74, 6) is 0.00110. The summed E-state index contributed by atoms with van der Waals surface area (Å²) in [5.41, 5.74) is 1.08. The lowest BCUT2D eigenvalue weighted by atomic mass is 10.2. The van der Waals surface area contributed by atoms with E-state index in [-0.39, 0.29) is 12.5 Å². The molecule has 0 radical (unpaired) electrons. The first kappa shape index (κ1) is 16.8. The van der Waals surface area contributed by atoms with E-state index in [0.717, 1.165) is 11.3 Å². The zero-order valence-corrected chi connectivity index (χ0v) is 12.2. The normalized spacial score (nSPS) is 9.95. The number of rotatable bonds is 9. The highest BCUT2D eigenvalue weighted by Crippen LogP contribution is 2.15. The van der Waals surface area contributed by atoms with E-state index in [9.17, 15) is 9.59 Å². The van der Waals surface area contributed by atoms with Crippen molar-refractivity contribution in [2.75, 3.05) is 19.7 Å². The van der Waals surface area contributed by atoms with Crippen LogP contribution in [0.5, 0.6) is 5.75 Å². The SMILES string of the molecule is Cc1ccccc1OCCCNC(=O)NCCCC(=O)O. The van der Waals surface area contributed by atoms with Crippen LogP contribution in [0.15, 0.2) is 24.3 Å². The van der Waals surface area contributed by atoms with Crippen molar-refractivity contribution >= 4 is 12.0 Å². The van der Waals surface area contributed by atoms with Crippen LogP contribution in [0.1, 0.15) is 24.8 Å². The van der Waals surface area contributed by atoms with E-state index in [2.05, 4.69) is 10.6 Å². The van der Waals surface area contributed by atoms with E-state index in [1.54, 1.807) is 0 Å². The summed E-state index contributed by atoms with van der Waals surface area (Å²) in [5, 5.41) is 13.7. The van der Waals surface area contributed by atoms with Crippen LogP contribution in [-0.4, -0.2) is 36.8 Å². The van der Waals surface area contributed by atoms with Crippen molar-refractivity contribution in [1.29, 1.82) is 0 Å². The van der Waals surface area contributed by atoms with Crippen molar-refractivity contribution in [3.63, 3.8) is 0 Å². The van der Waals surface area contributed by atoms with Crippen molar-refractivity contribution in [3.8, 4) is 5.75 Å². The van der Waals surface area contributed by atoms with Gasteiger partial charge >= 0.3 is 12.0 Å². The summed E-state index contributed by atoms with van der Waals surface area (Å²) in [7, 11) is 0. The number of ether oxygens (including phenoxy) is 1. The quantitative estimate of drug-likeness (QED) is 0.607. The van der Waals surface area contributed by atoms with Crippen molar-refractivity contribution < 1.29 is 19.4 Å². The van der Waals surface area contributed by atoms with Gasteiger partial charge in [0.1, 0.15) is 5.75 Å². The van der Waals surface area contributed by atoms with E-state index < -0.39 is 5.97 Å². The third-order valence-electron chi connectivity index (χ3n) is 2.81. The fraction of sp³-hybridized carbons (Fsp3) is 0.467. The predicted molar refractivity (Wildman–Crippen MR) is 79.6 cm³/mol. The summed E-state index contributed by atoms with van der Waals surface area (Å²) in [4.78, 5) is 21.7. The molecule has 0 bridgehead atoms. The summed E-state index contributed by atoms with van der Waals surface area (Å²) in [6, 6.07) is 7.50. The number of nitrogens with one attached hydrogen (secondary N) is 2. The molecular formula is C15H22N2O4. The Labute approximate surface area is 124 Å². The number of hydrogen-bond acceptors (Lipinski definition) is 3. The van der Waals surface area contributed by atoms with Gasteiger partial charge < -0.3 is 20.5 Å². The summed E-state index contributed by atoms with van der Waals surface area (Å²) >= 11 is 0. The standard InChI is InChI=1S/C15H22N2O4/c1-12-6-2-3-7-13(12)21-11-5-10-17-15(20)16-9-4-8-14(18)19/h2-3,6-7H,4-5,8-11H2,1H3,(H,18,19)(H2,16,17,20). The Morgan fingerprint density at radius 3 is 2.48 bits per heavy atom. The number of carbonyl (C=O) groups excluding carboxylic acids is 1. The van der Waals surface area contributed by atoms with Gasteiger partial charge in [-0.3, -0.25) is 4.79 Å². The molecule has 6 heteroatoms. The molecule has 0 unspecified atom stereocenters. The van der Waals surface area contributed by atoms with Gasteiger partial charge in [0.2, 0.25) is 0 Å². The molecule has 21 heavy (non-hydrogen) atoms. The Kier molecular flexibility index (Phi) is 7.71. The van der Waals surface area contributed by atoms with Crippen molar-refractivity contribution in [3.05, 3.63) is 29.8 Å². The molecule has 3 N–H and O–H groups in total. The van der Waals surface area contributed by atoms with Crippen LogP contribution in [0.3, 0.4) is 0 Å². The number of amides is 2. The average Bonchev–Trinajstić information content (AvgIpc) is 2.45. The maximum atomic E-state index is 11.4. The first-order valence-electron chi connectivity index (χ1n) is 7.01. The molecule has 0 saturated heterocycles. The number of aliphatic carboxylic acids is 1. The molecule has 0 aliphatic heterocycles. The molecule has 0 aromatic heterocycles. The van der Waals surface area contributed by atoms with E-state index in [1.807, 2.05) is 31.2 Å². The monoisotopic (exact) mass is 294 g/mol. The van der Waals surface area contributed by atoms with Crippen molar-refractivity contribution in [1.82, 2.24) is 10.6 Å². The van der Waals surface area contributed by atoms with Gasteiger partial charge in [0.25, 0.3) is 0 Å². The van der Waals surface area contributed by atoms with Gasteiger partial charge in [0.15, 0.2) is 0 Å². The highest BCUT2D eigenvalue weighted by atomic mass is 16.5. The molecule has 1 aromatic carbocycles. The van der Waals surface area contributed by atoms with Crippen molar-refractivity contribution in [2.24, 2.45) is 0 Å². The Hall–Kier alpha value is -2.24. The highest BCUT2D eigenvalue weighted by molar-refractivity contribution is 5.73. The maximum absolute atomic E-state index is 11.4. The average molecular weight is 294 g/mol. The lowest BCUT2D eigenvalue weighted by molar-refractivity contribution is -0.137. The number of hydrogen-bond donors (Lipinski definition) is 3. The first-order valence-corrected chi connectivity index (χ1v) is 7.01. The molecule has 2 amide bonds. The van der Waals surface area contributed by atoms with Crippen molar-refractivity contribution in [2.45, 2.75) is 26.2 Å². The van der Waals surface area contributed by atoms with E-state index in [1.165, 1.54) is 0 Å². The molecular weight excluding hydrogens is 272 g/mol. The Bertz CT molecular complexity index is 463. The van der Waals surface area contributed by atoms with Gasteiger partial charge in [0, 0.05) is 19.5 Å². The highest BCUT2D eigenvalue weighted by Gasteiger charge is 2.01. The van der Waals surface area contributed by atoms with E-state index in [4.69, 9.17) is 9.84 Å². The largest absolute Gasteiger partial charge is 0.493 e. The Balaban J connectivity index is 2.02. The van der Waals surface area contributed by atoms with E-state index >= 15 is 0 Å². The summed E-state index contributed by atoms with van der Waals surface area (Å²) in [6.07, 6.45) is 1.20. The summed E-state index contributed by atoms with van der Waals surface area (Å²) < 4.78 is 5.61. The molecule has 0 spiro atoms. The Morgan fingerprint density at radius 2 is 1.81 bits per heavy atom. The molecule has 0 heterocycles. The van der Waals surface area contributed by atoms with Crippen LogP contribution in [-0.2, 0) is 4.79 Å². The lowest BCUT2D eigenvalue weighted by Crippen LogP contribution is -2.37. The summed E-state index contributed by atoms with van der Waals surface area (Å²) in [6.45, 7) is 3.39. The van der Waals surface area contributed by atoms with E-state index in [0.29, 0.717) is 32.5 Å². The molecule has 1 rings (SSSR count). The molecule has 0 aliphatic rings. The van der Waals surface area contributed by atoms with Gasteiger partial charge in [-0.05, 0) is 31.4 Å². The maximum Gasteiger partial charge on any atom is 0.314 e. The second-order valence-corrected chi connectivity index (χ2v) is 4.65. The molecule has 0 saturated carbocycles. The van der Waals surface area contributed by atoms with Crippen LogP contribution in [0.25, 0.3) is 0 Å². The number of urea groups is 1. The zero-order chi connectivity index (χ0) is 15.5. The van der Waals surface area contributed by atoms with Crippen LogP contribution in [0.4, 0.5) is 4.79 Å². The zero-order valence-electron chi connectivity index (χ0n) is 12.2. The smallest absolute Gasteiger partial charge is 0.314 e. The van der Waals surface area contributed by atoms with Gasteiger partial charge in [-0.25, -0.2) is 4.79 Å². The number of benzene rings is 1. The van der Waals surface area contributed by atoms with Gasteiger partial charge in [-0.1, -0.05) is 18.2 Å². The molecule has 0 atom stereocenters. The second kappa shape index (κ2) is 9.63. The lowest BCUT2D eigenvalue weighted by Gasteiger charge is -2.10. The Morgan fingerprint density at radius 1 is 1.14 bits per heavy atom. The van der Waals surface area contributed by atoms with Crippen LogP contribution >= 0.6 is 0 Å². The molecule has 116 valence electrons. The fourth-order valence-corrected chi connectivity index (χ4v) is 1.68. The molecule has 0 fully saturated rings. The minimum absolute atomic E-state index is 0.0601. The van der Waals surface area contributed by atoms with Crippen LogP contribution in [0.2, 0.25) is 0 Å². The van der Waals surface area contributed by atoms with Crippen LogP contribution in [0, 0.1) is 6.92 Å². The van der Waals surface area contributed by atoms with Gasteiger partial charge in [-0.15, -0.1) is 0 Å². The molecule has 6 nitrogen and oxygen atoms in total. The first-order chi connectivity index (χ1) is 10.1. The number of carboxylic acid groups (broad SMARTS) is 1.